The average Bonchev–Trinajstić information content (AvgIpc) is 2.38. The summed E-state index contributed by atoms with van der Waals surface area (Å²) in [5.74, 6) is -0.123. The van der Waals surface area contributed by atoms with Gasteiger partial charge in [0.2, 0.25) is 10.0 Å². The van der Waals surface area contributed by atoms with Crippen LogP contribution in [0, 0.1) is 0 Å². The lowest BCUT2D eigenvalue weighted by molar-refractivity contribution is 0.101. The lowest BCUT2D eigenvalue weighted by atomic mass is 10.2. The number of hydrogen-bond donors (Lipinski definition) is 1. The average molecular weight is 283 g/mol. The highest BCUT2D eigenvalue weighted by Crippen LogP contribution is 2.16. The van der Waals surface area contributed by atoms with Gasteiger partial charge in [0, 0.05) is 18.7 Å². The minimum Gasteiger partial charge on any atom is -0.395 e. The SMILES string of the molecule is C=CCN(CCO)S(=O)(=O)c1ccc(C(C)=O)cc1. The van der Waals surface area contributed by atoms with Crippen molar-refractivity contribution in [2.24, 2.45) is 0 Å². The Morgan fingerprint density at radius 3 is 2.37 bits per heavy atom. The summed E-state index contributed by atoms with van der Waals surface area (Å²) in [6.45, 7) is 4.77. The topological polar surface area (TPSA) is 74.7 Å². The molecule has 19 heavy (non-hydrogen) atoms. The van der Waals surface area contributed by atoms with Crippen molar-refractivity contribution in [3.05, 3.63) is 42.5 Å². The molecule has 0 fully saturated rings. The first-order valence-corrected chi connectivity index (χ1v) is 7.20. The molecular formula is C13H17NO4S. The second-order valence-electron chi connectivity index (χ2n) is 3.96. The van der Waals surface area contributed by atoms with Gasteiger partial charge in [-0.15, -0.1) is 6.58 Å². The van der Waals surface area contributed by atoms with Gasteiger partial charge in [0.25, 0.3) is 0 Å². The van der Waals surface area contributed by atoms with Gasteiger partial charge in [-0.3, -0.25) is 4.79 Å². The lowest BCUT2D eigenvalue weighted by Gasteiger charge is -2.19. The van der Waals surface area contributed by atoms with Crippen molar-refractivity contribution in [2.45, 2.75) is 11.8 Å². The van der Waals surface area contributed by atoms with E-state index < -0.39 is 10.0 Å². The van der Waals surface area contributed by atoms with Gasteiger partial charge in [-0.2, -0.15) is 4.31 Å². The predicted octanol–water partition coefficient (Wildman–Crippen LogP) is 1.06. The van der Waals surface area contributed by atoms with Crippen LogP contribution in [0.15, 0.2) is 41.8 Å². The van der Waals surface area contributed by atoms with Crippen LogP contribution in [-0.2, 0) is 10.0 Å². The highest BCUT2D eigenvalue weighted by molar-refractivity contribution is 7.89. The summed E-state index contributed by atoms with van der Waals surface area (Å²) in [5, 5.41) is 8.91. The summed E-state index contributed by atoms with van der Waals surface area (Å²) >= 11 is 0. The smallest absolute Gasteiger partial charge is 0.243 e. The second kappa shape index (κ2) is 6.60. The van der Waals surface area contributed by atoms with Gasteiger partial charge in [0.05, 0.1) is 11.5 Å². The molecule has 0 amide bonds. The van der Waals surface area contributed by atoms with Crippen molar-refractivity contribution in [2.75, 3.05) is 19.7 Å². The number of carbonyl (C=O) groups is 1. The van der Waals surface area contributed by atoms with E-state index in [9.17, 15) is 13.2 Å². The van der Waals surface area contributed by atoms with Gasteiger partial charge in [-0.1, -0.05) is 18.2 Å². The van der Waals surface area contributed by atoms with E-state index in [4.69, 9.17) is 5.11 Å². The van der Waals surface area contributed by atoms with Crippen LogP contribution < -0.4 is 0 Å². The summed E-state index contributed by atoms with van der Waals surface area (Å²) in [6.07, 6.45) is 1.46. The molecule has 1 aromatic rings. The Labute approximate surface area is 113 Å². The zero-order chi connectivity index (χ0) is 14.5. The number of aliphatic hydroxyl groups is 1. The van der Waals surface area contributed by atoms with E-state index in [0.717, 1.165) is 4.31 Å². The molecule has 5 nitrogen and oxygen atoms in total. The lowest BCUT2D eigenvalue weighted by Crippen LogP contribution is -2.33. The Morgan fingerprint density at radius 1 is 1.37 bits per heavy atom. The number of rotatable bonds is 7. The van der Waals surface area contributed by atoms with E-state index in [2.05, 4.69) is 6.58 Å². The maximum atomic E-state index is 12.3. The van der Waals surface area contributed by atoms with Crippen molar-refractivity contribution in [3.63, 3.8) is 0 Å². The summed E-state index contributed by atoms with van der Waals surface area (Å²) in [5.41, 5.74) is 0.455. The summed E-state index contributed by atoms with van der Waals surface area (Å²) in [6, 6.07) is 5.72. The van der Waals surface area contributed by atoms with E-state index in [0.29, 0.717) is 5.56 Å². The maximum absolute atomic E-state index is 12.3. The third-order valence-electron chi connectivity index (χ3n) is 2.58. The molecule has 0 aromatic heterocycles. The van der Waals surface area contributed by atoms with Crippen molar-refractivity contribution < 1.29 is 18.3 Å². The minimum absolute atomic E-state index is 0.00279. The molecule has 0 aliphatic rings. The van der Waals surface area contributed by atoms with Crippen LogP contribution in [0.4, 0.5) is 0 Å². The first-order chi connectivity index (χ1) is 8.93. The zero-order valence-electron chi connectivity index (χ0n) is 10.7. The highest BCUT2D eigenvalue weighted by atomic mass is 32.2. The fourth-order valence-electron chi connectivity index (χ4n) is 1.58. The molecule has 0 heterocycles. The molecule has 0 radical (unpaired) electrons. The number of sulfonamides is 1. The Balaban J connectivity index is 3.10. The predicted molar refractivity (Wildman–Crippen MR) is 72.5 cm³/mol. The van der Waals surface area contributed by atoms with Gasteiger partial charge >= 0.3 is 0 Å². The number of nitrogens with zero attached hydrogens (tertiary/aromatic N) is 1. The van der Waals surface area contributed by atoms with Crippen LogP contribution >= 0.6 is 0 Å². The van der Waals surface area contributed by atoms with Crippen LogP contribution in [0.5, 0.6) is 0 Å². The van der Waals surface area contributed by atoms with Crippen molar-refractivity contribution in [1.82, 2.24) is 4.31 Å². The normalized spacial score (nSPS) is 11.5. The standard InChI is InChI=1S/C13H17NO4S/c1-3-8-14(9-10-15)19(17,18)13-6-4-12(5-7-13)11(2)16/h3-7,15H,1,8-10H2,2H3. The number of aliphatic hydroxyl groups excluding tert-OH is 1. The van der Waals surface area contributed by atoms with E-state index in [-0.39, 0.29) is 30.4 Å². The van der Waals surface area contributed by atoms with Gasteiger partial charge in [-0.25, -0.2) is 8.42 Å². The van der Waals surface area contributed by atoms with Gasteiger partial charge in [0.1, 0.15) is 0 Å². The first kappa shape index (κ1) is 15.6. The van der Waals surface area contributed by atoms with Crippen molar-refractivity contribution in [3.8, 4) is 0 Å². The highest BCUT2D eigenvalue weighted by Gasteiger charge is 2.22. The van der Waals surface area contributed by atoms with E-state index >= 15 is 0 Å². The minimum atomic E-state index is -3.68. The van der Waals surface area contributed by atoms with Crippen LogP contribution in [0.2, 0.25) is 0 Å². The number of benzene rings is 1. The van der Waals surface area contributed by atoms with Crippen molar-refractivity contribution in [1.29, 1.82) is 0 Å². The fraction of sp³-hybridized carbons (Fsp3) is 0.308. The Hall–Kier alpha value is -1.50. The van der Waals surface area contributed by atoms with Crippen LogP contribution in [-0.4, -0.2) is 43.3 Å². The van der Waals surface area contributed by atoms with Gasteiger partial charge < -0.3 is 5.11 Å². The molecule has 0 bridgehead atoms. The molecule has 0 spiro atoms. The fourth-order valence-corrected chi connectivity index (χ4v) is 2.98. The monoisotopic (exact) mass is 283 g/mol. The largest absolute Gasteiger partial charge is 0.395 e. The van der Waals surface area contributed by atoms with Crippen LogP contribution in [0.1, 0.15) is 17.3 Å². The molecule has 0 saturated carbocycles. The Morgan fingerprint density at radius 2 is 1.95 bits per heavy atom. The molecule has 6 heteroatoms. The third kappa shape index (κ3) is 3.73. The molecule has 104 valence electrons. The first-order valence-electron chi connectivity index (χ1n) is 5.76. The third-order valence-corrected chi connectivity index (χ3v) is 4.46. The second-order valence-corrected chi connectivity index (χ2v) is 5.89. The molecule has 0 aliphatic heterocycles. The maximum Gasteiger partial charge on any atom is 0.243 e. The number of ketones is 1. The molecule has 1 rings (SSSR count). The van der Waals surface area contributed by atoms with E-state index in [1.54, 1.807) is 0 Å². The van der Waals surface area contributed by atoms with Gasteiger partial charge in [-0.05, 0) is 19.1 Å². The summed E-state index contributed by atoms with van der Waals surface area (Å²) in [4.78, 5) is 11.2. The molecule has 1 N–H and O–H groups in total. The molecule has 0 aliphatic carbocycles. The molecule has 0 atom stereocenters. The molecule has 1 aromatic carbocycles. The Kier molecular flexibility index (Phi) is 5.41. The number of carbonyl (C=O) groups excluding carboxylic acids is 1. The summed E-state index contributed by atoms with van der Waals surface area (Å²) < 4.78 is 25.7. The molecule has 0 unspecified atom stereocenters. The summed E-state index contributed by atoms with van der Waals surface area (Å²) in [7, 11) is -3.68. The van der Waals surface area contributed by atoms with Crippen molar-refractivity contribution >= 4 is 15.8 Å². The Bertz CT molecular complexity index is 549. The zero-order valence-corrected chi connectivity index (χ0v) is 11.6. The van der Waals surface area contributed by atoms with Gasteiger partial charge in [0.15, 0.2) is 5.78 Å². The van der Waals surface area contributed by atoms with E-state index in [1.807, 2.05) is 0 Å². The quantitative estimate of drug-likeness (QED) is 0.600. The van der Waals surface area contributed by atoms with E-state index in [1.165, 1.54) is 37.3 Å². The molecular weight excluding hydrogens is 266 g/mol. The van der Waals surface area contributed by atoms with Crippen LogP contribution in [0.25, 0.3) is 0 Å². The van der Waals surface area contributed by atoms with Crippen LogP contribution in [0.3, 0.4) is 0 Å². The number of Topliss-reactive ketones (excluding diaryl/α,β-unsaturated/α-hetero) is 1. The number of hydrogen-bond acceptors (Lipinski definition) is 4. The molecule has 0 saturated heterocycles.